The lowest BCUT2D eigenvalue weighted by molar-refractivity contribution is 0.999. The second-order valence-corrected chi connectivity index (χ2v) is 4.25. The lowest BCUT2D eigenvalue weighted by Gasteiger charge is -2.04. The van der Waals surface area contributed by atoms with Gasteiger partial charge in [0.15, 0.2) is 0 Å². The van der Waals surface area contributed by atoms with Gasteiger partial charge in [-0.1, -0.05) is 36.4 Å². The van der Waals surface area contributed by atoms with Gasteiger partial charge in [0.25, 0.3) is 0 Å². The third-order valence-electron chi connectivity index (χ3n) is 2.99. The standard InChI is InChI=1S/C16H11N3/c17-9-7-16-18-10-8-15(19-16)14-6-5-12-3-1-2-4-13(12)11-14/h1-6,8,10-11H,7H2. The third kappa shape index (κ3) is 2.29. The molecule has 2 aromatic carbocycles. The maximum Gasteiger partial charge on any atom is 0.142 e. The van der Waals surface area contributed by atoms with Gasteiger partial charge in [-0.25, -0.2) is 9.97 Å². The summed E-state index contributed by atoms with van der Waals surface area (Å²) in [6.07, 6.45) is 1.94. The van der Waals surface area contributed by atoms with Crippen LogP contribution >= 0.6 is 0 Å². The van der Waals surface area contributed by atoms with E-state index in [0.29, 0.717) is 5.82 Å². The molecule has 0 radical (unpaired) electrons. The molecule has 19 heavy (non-hydrogen) atoms. The predicted molar refractivity (Wildman–Crippen MR) is 74.3 cm³/mol. The maximum atomic E-state index is 8.69. The Labute approximate surface area is 111 Å². The van der Waals surface area contributed by atoms with Gasteiger partial charge in [0.1, 0.15) is 5.82 Å². The quantitative estimate of drug-likeness (QED) is 0.695. The van der Waals surface area contributed by atoms with Gasteiger partial charge in [-0.2, -0.15) is 5.26 Å². The van der Waals surface area contributed by atoms with Gasteiger partial charge in [-0.15, -0.1) is 0 Å². The molecular weight excluding hydrogens is 234 g/mol. The van der Waals surface area contributed by atoms with Crippen LogP contribution in [-0.2, 0) is 6.42 Å². The molecule has 0 saturated heterocycles. The Morgan fingerprint density at radius 3 is 2.68 bits per heavy atom. The van der Waals surface area contributed by atoms with Crippen LogP contribution in [0.25, 0.3) is 22.0 Å². The fourth-order valence-electron chi connectivity index (χ4n) is 2.06. The zero-order valence-electron chi connectivity index (χ0n) is 10.2. The summed E-state index contributed by atoms with van der Waals surface area (Å²) >= 11 is 0. The normalized spacial score (nSPS) is 10.3. The van der Waals surface area contributed by atoms with Crippen LogP contribution in [-0.4, -0.2) is 9.97 Å². The van der Waals surface area contributed by atoms with E-state index in [0.717, 1.165) is 11.3 Å². The van der Waals surface area contributed by atoms with Crippen molar-refractivity contribution in [1.29, 1.82) is 5.26 Å². The number of benzene rings is 2. The molecule has 3 heteroatoms. The first-order chi connectivity index (χ1) is 9.36. The molecule has 0 amide bonds. The number of hydrogen-bond acceptors (Lipinski definition) is 3. The molecule has 1 heterocycles. The molecule has 3 aromatic rings. The molecule has 0 saturated carbocycles. The van der Waals surface area contributed by atoms with Crippen molar-refractivity contribution in [3.63, 3.8) is 0 Å². The Bertz CT molecular complexity index is 772. The SMILES string of the molecule is N#CCc1nccc(-c2ccc3ccccc3c2)n1. The van der Waals surface area contributed by atoms with Crippen molar-refractivity contribution in [2.45, 2.75) is 6.42 Å². The molecule has 1 aromatic heterocycles. The molecular formula is C16H11N3. The molecule has 0 aliphatic carbocycles. The van der Waals surface area contributed by atoms with E-state index in [1.54, 1.807) is 6.20 Å². The van der Waals surface area contributed by atoms with Crippen LogP contribution in [0, 0.1) is 11.3 Å². The van der Waals surface area contributed by atoms with Crippen molar-refractivity contribution in [1.82, 2.24) is 9.97 Å². The van der Waals surface area contributed by atoms with Gasteiger partial charge in [0, 0.05) is 11.8 Å². The lowest BCUT2D eigenvalue weighted by Crippen LogP contribution is -1.94. The molecule has 0 aliphatic rings. The summed E-state index contributed by atoms with van der Waals surface area (Å²) in [5.41, 5.74) is 1.89. The van der Waals surface area contributed by atoms with Crippen LogP contribution in [0.15, 0.2) is 54.7 Å². The molecule has 0 bridgehead atoms. The number of nitriles is 1. The first-order valence-electron chi connectivity index (χ1n) is 6.05. The minimum absolute atomic E-state index is 0.238. The van der Waals surface area contributed by atoms with E-state index in [1.165, 1.54) is 10.8 Å². The average Bonchev–Trinajstić information content (AvgIpc) is 2.47. The predicted octanol–water partition coefficient (Wildman–Crippen LogP) is 3.36. The van der Waals surface area contributed by atoms with Crippen molar-refractivity contribution in [3.05, 3.63) is 60.6 Å². The fourth-order valence-corrected chi connectivity index (χ4v) is 2.06. The summed E-state index contributed by atoms with van der Waals surface area (Å²) in [6, 6.07) is 18.4. The molecule has 0 N–H and O–H groups in total. The van der Waals surface area contributed by atoms with E-state index < -0.39 is 0 Å². The highest BCUT2D eigenvalue weighted by atomic mass is 14.9. The summed E-state index contributed by atoms with van der Waals surface area (Å²) in [5.74, 6) is 0.563. The second kappa shape index (κ2) is 4.87. The topological polar surface area (TPSA) is 49.6 Å². The van der Waals surface area contributed by atoms with Crippen LogP contribution in [0.1, 0.15) is 5.82 Å². The van der Waals surface area contributed by atoms with E-state index in [2.05, 4.69) is 40.3 Å². The van der Waals surface area contributed by atoms with E-state index in [4.69, 9.17) is 5.26 Å². The first-order valence-corrected chi connectivity index (χ1v) is 6.05. The van der Waals surface area contributed by atoms with Gasteiger partial charge in [-0.05, 0) is 22.9 Å². The molecule has 0 aliphatic heterocycles. The summed E-state index contributed by atoms with van der Waals surface area (Å²) in [7, 11) is 0. The van der Waals surface area contributed by atoms with E-state index in [-0.39, 0.29) is 6.42 Å². The van der Waals surface area contributed by atoms with E-state index in [1.807, 2.05) is 24.3 Å². The Kier molecular flexibility index (Phi) is 2.91. The number of fused-ring (bicyclic) bond motifs is 1. The Morgan fingerprint density at radius 2 is 1.84 bits per heavy atom. The van der Waals surface area contributed by atoms with E-state index in [9.17, 15) is 0 Å². The monoisotopic (exact) mass is 245 g/mol. The van der Waals surface area contributed by atoms with E-state index >= 15 is 0 Å². The number of aromatic nitrogens is 2. The smallest absolute Gasteiger partial charge is 0.142 e. The maximum absolute atomic E-state index is 8.69. The van der Waals surface area contributed by atoms with Gasteiger partial charge in [-0.3, -0.25) is 0 Å². The zero-order chi connectivity index (χ0) is 13.1. The summed E-state index contributed by atoms with van der Waals surface area (Å²) < 4.78 is 0. The average molecular weight is 245 g/mol. The molecule has 0 unspecified atom stereocenters. The minimum atomic E-state index is 0.238. The van der Waals surface area contributed by atoms with Crippen molar-refractivity contribution in [2.75, 3.05) is 0 Å². The Morgan fingerprint density at radius 1 is 1.00 bits per heavy atom. The number of hydrogen-bond donors (Lipinski definition) is 0. The second-order valence-electron chi connectivity index (χ2n) is 4.25. The first kappa shape index (κ1) is 11.4. The van der Waals surface area contributed by atoms with Crippen LogP contribution in [0.5, 0.6) is 0 Å². The minimum Gasteiger partial charge on any atom is -0.240 e. The third-order valence-corrected chi connectivity index (χ3v) is 2.99. The van der Waals surface area contributed by atoms with Crippen LogP contribution in [0.3, 0.4) is 0 Å². The largest absolute Gasteiger partial charge is 0.240 e. The number of rotatable bonds is 2. The van der Waals surface area contributed by atoms with Crippen LogP contribution in [0.2, 0.25) is 0 Å². The fraction of sp³-hybridized carbons (Fsp3) is 0.0625. The molecule has 90 valence electrons. The molecule has 3 rings (SSSR count). The van der Waals surface area contributed by atoms with Gasteiger partial charge in [0.05, 0.1) is 18.2 Å². The molecule has 3 nitrogen and oxygen atoms in total. The van der Waals surface area contributed by atoms with Crippen molar-refractivity contribution in [3.8, 4) is 17.3 Å². The molecule has 0 fully saturated rings. The number of nitrogens with zero attached hydrogens (tertiary/aromatic N) is 3. The molecule has 0 spiro atoms. The highest BCUT2D eigenvalue weighted by Crippen LogP contribution is 2.22. The van der Waals surface area contributed by atoms with Crippen LogP contribution < -0.4 is 0 Å². The lowest BCUT2D eigenvalue weighted by atomic mass is 10.1. The summed E-state index contributed by atoms with van der Waals surface area (Å²) in [5, 5.41) is 11.1. The van der Waals surface area contributed by atoms with Crippen molar-refractivity contribution < 1.29 is 0 Å². The van der Waals surface area contributed by atoms with Crippen molar-refractivity contribution in [2.24, 2.45) is 0 Å². The Balaban J connectivity index is 2.08. The van der Waals surface area contributed by atoms with Crippen molar-refractivity contribution >= 4 is 10.8 Å². The van der Waals surface area contributed by atoms with Gasteiger partial charge < -0.3 is 0 Å². The summed E-state index contributed by atoms with van der Waals surface area (Å²) in [4.78, 5) is 8.49. The Hall–Kier alpha value is -2.73. The highest BCUT2D eigenvalue weighted by molar-refractivity contribution is 5.86. The van der Waals surface area contributed by atoms with Gasteiger partial charge >= 0.3 is 0 Å². The zero-order valence-corrected chi connectivity index (χ0v) is 10.2. The van der Waals surface area contributed by atoms with Crippen LogP contribution in [0.4, 0.5) is 0 Å². The molecule has 0 atom stereocenters. The summed E-state index contributed by atoms with van der Waals surface area (Å²) in [6.45, 7) is 0. The highest BCUT2D eigenvalue weighted by Gasteiger charge is 2.03. The van der Waals surface area contributed by atoms with Gasteiger partial charge in [0.2, 0.25) is 0 Å².